The highest BCUT2D eigenvalue weighted by atomic mass is 16.5. The van der Waals surface area contributed by atoms with Gasteiger partial charge in [-0.15, -0.1) is 0 Å². The maximum Gasteiger partial charge on any atom is 0.218 e. The molecule has 102 valence electrons. The number of aromatic nitrogens is 2. The maximum absolute atomic E-state index is 5.57. The topological polar surface area (TPSA) is 56.3 Å². The van der Waals surface area contributed by atoms with Gasteiger partial charge in [0.2, 0.25) is 5.88 Å². The van der Waals surface area contributed by atoms with Gasteiger partial charge in [-0.25, -0.2) is 4.98 Å². The smallest absolute Gasteiger partial charge is 0.218 e. The van der Waals surface area contributed by atoms with E-state index in [-0.39, 0.29) is 12.0 Å². The SMILES string of the molecule is CNc1cc(OCCOC(C)C)nc(C(C)C)n1. The van der Waals surface area contributed by atoms with E-state index in [0.717, 1.165) is 11.6 Å². The molecular formula is C13H23N3O2. The Bertz CT molecular complexity index is 367. The lowest BCUT2D eigenvalue weighted by Crippen LogP contribution is -2.13. The lowest BCUT2D eigenvalue weighted by molar-refractivity contribution is 0.0542. The molecule has 0 aliphatic heterocycles. The average molecular weight is 253 g/mol. The highest BCUT2D eigenvalue weighted by Crippen LogP contribution is 2.18. The van der Waals surface area contributed by atoms with E-state index >= 15 is 0 Å². The van der Waals surface area contributed by atoms with Gasteiger partial charge in [0.15, 0.2) is 0 Å². The molecule has 0 amide bonds. The molecule has 0 spiro atoms. The lowest BCUT2D eigenvalue weighted by Gasteiger charge is -2.12. The van der Waals surface area contributed by atoms with Crippen molar-refractivity contribution in [3.63, 3.8) is 0 Å². The Morgan fingerprint density at radius 3 is 2.44 bits per heavy atom. The minimum Gasteiger partial charge on any atom is -0.475 e. The summed E-state index contributed by atoms with van der Waals surface area (Å²) in [5.41, 5.74) is 0. The van der Waals surface area contributed by atoms with E-state index in [4.69, 9.17) is 9.47 Å². The summed E-state index contributed by atoms with van der Waals surface area (Å²) >= 11 is 0. The molecule has 0 aliphatic rings. The summed E-state index contributed by atoms with van der Waals surface area (Å²) < 4.78 is 11.0. The minimum atomic E-state index is 0.220. The van der Waals surface area contributed by atoms with Gasteiger partial charge >= 0.3 is 0 Å². The fourth-order valence-electron chi connectivity index (χ4n) is 1.33. The van der Waals surface area contributed by atoms with Gasteiger partial charge < -0.3 is 14.8 Å². The summed E-state index contributed by atoms with van der Waals surface area (Å²) in [7, 11) is 1.83. The maximum atomic E-state index is 5.57. The van der Waals surface area contributed by atoms with Crippen molar-refractivity contribution >= 4 is 5.82 Å². The molecule has 1 heterocycles. The van der Waals surface area contributed by atoms with Crippen LogP contribution in [0.4, 0.5) is 5.82 Å². The highest BCUT2D eigenvalue weighted by molar-refractivity contribution is 5.38. The Labute approximate surface area is 109 Å². The molecule has 0 saturated heterocycles. The first-order valence-corrected chi connectivity index (χ1v) is 6.34. The molecule has 0 aromatic carbocycles. The zero-order chi connectivity index (χ0) is 13.5. The molecule has 5 heteroatoms. The van der Waals surface area contributed by atoms with Crippen LogP contribution in [0.1, 0.15) is 39.4 Å². The van der Waals surface area contributed by atoms with Gasteiger partial charge in [0.1, 0.15) is 18.2 Å². The Morgan fingerprint density at radius 2 is 1.89 bits per heavy atom. The number of hydrogen-bond acceptors (Lipinski definition) is 5. The number of hydrogen-bond donors (Lipinski definition) is 1. The quantitative estimate of drug-likeness (QED) is 0.756. The van der Waals surface area contributed by atoms with Crippen LogP contribution in [0.2, 0.25) is 0 Å². The third-order valence-electron chi connectivity index (χ3n) is 2.28. The number of anilines is 1. The van der Waals surface area contributed by atoms with Crippen molar-refractivity contribution in [3.05, 3.63) is 11.9 Å². The summed E-state index contributed by atoms with van der Waals surface area (Å²) in [6.45, 7) is 9.17. The van der Waals surface area contributed by atoms with E-state index in [9.17, 15) is 0 Å². The molecular weight excluding hydrogens is 230 g/mol. The molecule has 1 aromatic heterocycles. The molecule has 0 saturated carbocycles. The van der Waals surface area contributed by atoms with Crippen molar-refractivity contribution in [2.75, 3.05) is 25.6 Å². The molecule has 0 unspecified atom stereocenters. The van der Waals surface area contributed by atoms with Crippen LogP contribution in [0, 0.1) is 0 Å². The van der Waals surface area contributed by atoms with Crippen LogP contribution >= 0.6 is 0 Å². The second kappa shape index (κ2) is 7.16. The van der Waals surface area contributed by atoms with Crippen LogP contribution in [-0.2, 0) is 4.74 Å². The van der Waals surface area contributed by atoms with Gasteiger partial charge in [0.25, 0.3) is 0 Å². The first kappa shape index (κ1) is 14.7. The molecule has 0 aliphatic carbocycles. The van der Waals surface area contributed by atoms with Crippen LogP contribution in [0.25, 0.3) is 0 Å². The summed E-state index contributed by atoms with van der Waals surface area (Å²) in [6.07, 6.45) is 0.220. The van der Waals surface area contributed by atoms with Crippen LogP contribution in [0.15, 0.2) is 6.07 Å². The molecule has 0 fully saturated rings. The molecule has 18 heavy (non-hydrogen) atoms. The van der Waals surface area contributed by atoms with Crippen molar-refractivity contribution in [2.24, 2.45) is 0 Å². The summed E-state index contributed by atoms with van der Waals surface area (Å²) in [5.74, 6) is 2.41. The standard InChI is InChI=1S/C13H23N3O2/c1-9(2)13-15-11(14-5)8-12(16-13)18-7-6-17-10(3)4/h8-10H,6-7H2,1-5H3,(H,14,15,16). The number of rotatable bonds is 7. The Morgan fingerprint density at radius 1 is 1.17 bits per heavy atom. The van der Waals surface area contributed by atoms with E-state index in [0.29, 0.717) is 19.1 Å². The highest BCUT2D eigenvalue weighted by Gasteiger charge is 2.08. The van der Waals surface area contributed by atoms with Gasteiger partial charge in [-0.05, 0) is 13.8 Å². The van der Waals surface area contributed by atoms with Gasteiger partial charge in [-0.3, -0.25) is 0 Å². The normalized spacial score (nSPS) is 11.1. The molecule has 1 N–H and O–H groups in total. The fraction of sp³-hybridized carbons (Fsp3) is 0.692. The van der Waals surface area contributed by atoms with Crippen molar-refractivity contribution in [3.8, 4) is 5.88 Å². The Balaban J connectivity index is 2.61. The van der Waals surface area contributed by atoms with E-state index in [1.807, 2.05) is 20.9 Å². The third kappa shape index (κ3) is 4.87. The van der Waals surface area contributed by atoms with Crippen molar-refractivity contribution in [2.45, 2.75) is 39.7 Å². The van der Waals surface area contributed by atoms with Crippen LogP contribution in [0.5, 0.6) is 5.88 Å². The van der Waals surface area contributed by atoms with Crippen molar-refractivity contribution < 1.29 is 9.47 Å². The first-order valence-electron chi connectivity index (χ1n) is 6.34. The second-order valence-electron chi connectivity index (χ2n) is 4.62. The molecule has 0 atom stereocenters. The second-order valence-corrected chi connectivity index (χ2v) is 4.62. The van der Waals surface area contributed by atoms with Crippen LogP contribution in [0.3, 0.4) is 0 Å². The van der Waals surface area contributed by atoms with E-state index < -0.39 is 0 Å². The Kier molecular flexibility index (Phi) is 5.85. The predicted molar refractivity (Wildman–Crippen MR) is 72.3 cm³/mol. The molecule has 5 nitrogen and oxygen atoms in total. The molecule has 1 rings (SSSR count). The Hall–Kier alpha value is -1.36. The summed E-state index contributed by atoms with van der Waals surface area (Å²) in [5, 5.41) is 3.01. The molecule has 0 bridgehead atoms. The monoisotopic (exact) mass is 253 g/mol. The largest absolute Gasteiger partial charge is 0.475 e. The van der Waals surface area contributed by atoms with E-state index in [2.05, 4.69) is 29.1 Å². The minimum absolute atomic E-state index is 0.220. The fourth-order valence-corrected chi connectivity index (χ4v) is 1.33. The predicted octanol–water partition coefficient (Wildman–Crippen LogP) is 2.45. The van der Waals surface area contributed by atoms with Gasteiger partial charge in [0, 0.05) is 19.0 Å². The average Bonchev–Trinajstić information content (AvgIpc) is 2.34. The van der Waals surface area contributed by atoms with Gasteiger partial charge in [-0.2, -0.15) is 4.98 Å². The summed E-state index contributed by atoms with van der Waals surface area (Å²) in [4.78, 5) is 8.74. The van der Waals surface area contributed by atoms with E-state index in [1.165, 1.54) is 0 Å². The van der Waals surface area contributed by atoms with Gasteiger partial charge in [-0.1, -0.05) is 13.8 Å². The van der Waals surface area contributed by atoms with Crippen LogP contribution in [-0.4, -0.2) is 36.3 Å². The number of nitrogens with zero attached hydrogens (tertiary/aromatic N) is 2. The zero-order valence-corrected chi connectivity index (χ0v) is 11.9. The first-order chi connectivity index (χ1) is 8.52. The van der Waals surface area contributed by atoms with Crippen molar-refractivity contribution in [1.82, 2.24) is 9.97 Å². The zero-order valence-electron chi connectivity index (χ0n) is 11.9. The summed E-state index contributed by atoms with van der Waals surface area (Å²) in [6, 6.07) is 1.79. The number of ether oxygens (including phenoxy) is 2. The number of nitrogens with one attached hydrogen (secondary N) is 1. The third-order valence-corrected chi connectivity index (χ3v) is 2.28. The van der Waals surface area contributed by atoms with Crippen LogP contribution < -0.4 is 10.1 Å². The van der Waals surface area contributed by atoms with Crippen molar-refractivity contribution in [1.29, 1.82) is 0 Å². The molecule has 0 radical (unpaired) electrons. The van der Waals surface area contributed by atoms with Gasteiger partial charge in [0.05, 0.1) is 12.7 Å². The van der Waals surface area contributed by atoms with E-state index in [1.54, 1.807) is 6.07 Å². The lowest BCUT2D eigenvalue weighted by atomic mass is 10.2. The molecule has 1 aromatic rings.